The van der Waals surface area contributed by atoms with Gasteiger partial charge in [-0.05, 0) is 47.3 Å². The molecule has 92 valence electrons. The summed E-state index contributed by atoms with van der Waals surface area (Å²) in [7, 11) is 0. The van der Waals surface area contributed by atoms with Crippen LogP contribution in [0.5, 0.6) is 0 Å². The van der Waals surface area contributed by atoms with Crippen LogP contribution in [0.15, 0.2) is 22.7 Å². The molecule has 0 aromatic heterocycles. The maximum atomic E-state index is 5.84. The lowest BCUT2D eigenvalue weighted by molar-refractivity contribution is 0.762. The van der Waals surface area contributed by atoms with E-state index < -0.39 is 0 Å². The second-order valence-corrected chi connectivity index (χ2v) is 5.72. The van der Waals surface area contributed by atoms with Gasteiger partial charge in [0.25, 0.3) is 0 Å². The van der Waals surface area contributed by atoms with Crippen molar-refractivity contribution in [2.24, 2.45) is 5.73 Å². The van der Waals surface area contributed by atoms with E-state index >= 15 is 0 Å². The van der Waals surface area contributed by atoms with Crippen molar-refractivity contribution < 1.29 is 0 Å². The van der Waals surface area contributed by atoms with Gasteiger partial charge in [-0.15, -0.1) is 0 Å². The Bertz CT molecular complexity index is 429. The zero-order chi connectivity index (χ0) is 12.4. The first kappa shape index (κ1) is 12.8. The smallest absolute Gasteiger partial charge is 0.107 e. The van der Waals surface area contributed by atoms with E-state index in [1.54, 1.807) is 0 Å². The minimum atomic E-state index is 0.467. The standard InChI is InChI=1S/C13H17BrN2S/c1-2-8-16(9-6-7-9)11-5-3-4-10(14)12(11)13(15)17/h3-5,9H,2,6-8H2,1H3,(H2,15,17). The predicted molar refractivity (Wildman–Crippen MR) is 80.7 cm³/mol. The molecule has 1 fully saturated rings. The third-order valence-electron chi connectivity index (χ3n) is 3.00. The number of hydrogen-bond acceptors (Lipinski definition) is 2. The van der Waals surface area contributed by atoms with E-state index in [0.29, 0.717) is 11.0 Å². The number of benzene rings is 1. The van der Waals surface area contributed by atoms with Crippen LogP contribution in [0.3, 0.4) is 0 Å². The predicted octanol–water partition coefficient (Wildman–Crippen LogP) is 3.46. The Morgan fingerprint density at radius 1 is 1.53 bits per heavy atom. The second-order valence-electron chi connectivity index (χ2n) is 4.42. The Balaban J connectivity index is 2.41. The molecule has 0 aliphatic heterocycles. The topological polar surface area (TPSA) is 29.3 Å². The van der Waals surface area contributed by atoms with E-state index in [1.165, 1.54) is 18.5 Å². The number of rotatable bonds is 5. The molecule has 2 rings (SSSR count). The summed E-state index contributed by atoms with van der Waals surface area (Å²) in [5.74, 6) is 0. The molecule has 2 N–H and O–H groups in total. The summed E-state index contributed by atoms with van der Waals surface area (Å²) in [6.45, 7) is 3.27. The monoisotopic (exact) mass is 312 g/mol. The molecule has 0 atom stereocenters. The van der Waals surface area contributed by atoms with Crippen molar-refractivity contribution in [2.75, 3.05) is 11.4 Å². The lowest BCUT2D eigenvalue weighted by Crippen LogP contribution is -2.29. The summed E-state index contributed by atoms with van der Waals surface area (Å²) < 4.78 is 0.990. The maximum Gasteiger partial charge on any atom is 0.107 e. The third-order valence-corrected chi connectivity index (χ3v) is 3.86. The fourth-order valence-corrected chi connectivity index (χ4v) is 3.04. The molecule has 0 spiro atoms. The first-order valence-corrected chi connectivity index (χ1v) is 7.20. The van der Waals surface area contributed by atoms with Crippen LogP contribution in [-0.2, 0) is 0 Å². The Morgan fingerprint density at radius 2 is 2.24 bits per heavy atom. The quantitative estimate of drug-likeness (QED) is 0.844. The lowest BCUT2D eigenvalue weighted by atomic mass is 10.1. The second kappa shape index (κ2) is 5.36. The van der Waals surface area contributed by atoms with Crippen LogP contribution in [0.1, 0.15) is 31.7 Å². The zero-order valence-electron chi connectivity index (χ0n) is 9.95. The number of thiocarbonyl (C=S) groups is 1. The van der Waals surface area contributed by atoms with Gasteiger partial charge in [-0.1, -0.05) is 25.2 Å². The van der Waals surface area contributed by atoms with Crippen LogP contribution in [0, 0.1) is 0 Å². The highest BCUT2D eigenvalue weighted by molar-refractivity contribution is 9.10. The van der Waals surface area contributed by atoms with Gasteiger partial charge in [0.15, 0.2) is 0 Å². The van der Waals surface area contributed by atoms with Crippen LogP contribution < -0.4 is 10.6 Å². The molecule has 0 amide bonds. The molecule has 0 heterocycles. The molecule has 1 aromatic carbocycles. The van der Waals surface area contributed by atoms with E-state index in [4.69, 9.17) is 18.0 Å². The van der Waals surface area contributed by atoms with Gasteiger partial charge in [0.2, 0.25) is 0 Å². The molecule has 0 bridgehead atoms. The first-order chi connectivity index (χ1) is 8.15. The molecule has 17 heavy (non-hydrogen) atoms. The van der Waals surface area contributed by atoms with Crippen molar-refractivity contribution >= 4 is 38.8 Å². The number of nitrogens with two attached hydrogens (primary N) is 1. The average molecular weight is 313 g/mol. The van der Waals surface area contributed by atoms with Crippen LogP contribution in [0.4, 0.5) is 5.69 Å². The Hall–Kier alpha value is -0.610. The van der Waals surface area contributed by atoms with Gasteiger partial charge in [0, 0.05) is 28.3 Å². The number of anilines is 1. The maximum absolute atomic E-state index is 5.84. The van der Waals surface area contributed by atoms with Gasteiger partial charge in [0.1, 0.15) is 4.99 Å². The molecule has 4 heteroatoms. The highest BCUT2D eigenvalue weighted by Gasteiger charge is 2.30. The number of nitrogens with zero attached hydrogens (tertiary/aromatic N) is 1. The highest BCUT2D eigenvalue weighted by Crippen LogP contribution is 2.36. The van der Waals surface area contributed by atoms with Crippen molar-refractivity contribution in [3.05, 3.63) is 28.2 Å². The molecule has 2 nitrogen and oxygen atoms in total. The molecule has 0 saturated heterocycles. The van der Waals surface area contributed by atoms with Gasteiger partial charge in [-0.25, -0.2) is 0 Å². The van der Waals surface area contributed by atoms with E-state index in [1.807, 2.05) is 12.1 Å². The van der Waals surface area contributed by atoms with Crippen LogP contribution in [0.25, 0.3) is 0 Å². The fraction of sp³-hybridized carbons (Fsp3) is 0.462. The zero-order valence-corrected chi connectivity index (χ0v) is 12.4. The summed E-state index contributed by atoms with van der Waals surface area (Å²) >= 11 is 8.71. The molecule has 1 saturated carbocycles. The third kappa shape index (κ3) is 2.80. The summed E-state index contributed by atoms with van der Waals surface area (Å²) in [6, 6.07) is 6.84. The first-order valence-electron chi connectivity index (χ1n) is 6.00. The minimum Gasteiger partial charge on any atom is -0.389 e. The normalized spacial score (nSPS) is 14.7. The molecule has 0 unspecified atom stereocenters. The molecular formula is C13H17BrN2S. The Kier molecular flexibility index (Phi) is 4.05. The van der Waals surface area contributed by atoms with Crippen LogP contribution >= 0.6 is 28.1 Å². The van der Waals surface area contributed by atoms with Gasteiger partial charge in [-0.3, -0.25) is 0 Å². The van der Waals surface area contributed by atoms with Gasteiger partial charge >= 0.3 is 0 Å². The Morgan fingerprint density at radius 3 is 2.76 bits per heavy atom. The average Bonchev–Trinajstić information content (AvgIpc) is 3.08. The van der Waals surface area contributed by atoms with Gasteiger partial charge in [-0.2, -0.15) is 0 Å². The number of hydrogen-bond donors (Lipinski definition) is 1. The molecule has 1 aromatic rings. The summed E-state index contributed by atoms with van der Waals surface area (Å²) in [5, 5.41) is 0. The fourth-order valence-electron chi connectivity index (χ4n) is 2.12. The summed E-state index contributed by atoms with van der Waals surface area (Å²) in [6.07, 6.45) is 3.70. The van der Waals surface area contributed by atoms with Crippen molar-refractivity contribution in [3.63, 3.8) is 0 Å². The SMILES string of the molecule is CCCN(c1cccc(Br)c1C(N)=S)C1CC1. The van der Waals surface area contributed by atoms with Crippen LogP contribution in [-0.4, -0.2) is 17.6 Å². The van der Waals surface area contributed by atoms with Gasteiger partial charge in [0.05, 0.1) is 0 Å². The summed E-state index contributed by atoms with van der Waals surface area (Å²) in [4.78, 5) is 2.91. The van der Waals surface area contributed by atoms with Crippen molar-refractivity contribution in [2.45, 2.75) is 32.2 Å². The Labute approximate surface area is 116 Å². The molecule has 1 aliphatic rings. The van der Waals surface area contributed by atoms with Crippen molar-refractivity contribution in [3.8, 4) is 0 Å². The minimum absolute atomic E-state index is 0.467. The van der Waals surface area contributed by atoms with Crippen molar-refractivity contribution in [1.82, 2.24) is 0 Å². The molecular weight excluding hydrogens is 296 g/mol. The van der Waals surface area contributed by atoms with Gasteiger partial charge < -0.3 is 10.6 Å². The molecule has 0 radical (unpaired) electrons. The summed E-state index contributed by atoms with van der Waals surface area (Å²) in [5.41, 5.74) is 8.00. The number of halogens is 1. The molecule has 1 aliphatic carbocycles. The van der Waals surface area contributed by atoms with E-state index in [-0.39, 0.29) is 0 Å². The van der Waals surface area contributed by atoms with Crippen molar-refractivity contribution in [1.29, 1.82) is 0 Å². The van der Waals surface area contributed by atoms with E-state index in [0.717, 1.165) is 23.0 Å². The van der Waals surface area contributed by atoms with Crippen LogP contribution in [0.2, 0.25) is 0 Å². The largest absolute Gasteiger partial charge is 0.389 e. The van der Waals surface area contributed by atoms with E-state index in [9.17, 15) is 0 Å². The lowest BCUT2D eigenvalue weighted by Gasteiger charge is -2.27. The van der Waals surface area contributed by atoms with E-state index in [2.05, 4.69) is 33.8 Å². The highest BCUT2D eigenvalue weighted by atomic mass is 79.9.